The van der Waals surface area contributed by atoms with Gasteiger partial charge < -0.3 is 48.1 Å². The Morgan fingerprint density at radius 1 is 1.03 bits per heavy atom. The molecule has 184 valence electrons. The van der Waals surface area contributed by atoms with E-state index in [4.69, 9.17) is 16.6 Å². The second-order valence-corrected chi connectivity index (χ2v) is 7.01. The second kappa shape index (κ2) is 15.9. The Morgan fingerprint density at radius 3 is 2.00 bits per heavy atom. The number of aliphatic hydroxyl groups excluding tert-OH is 2. The molecular weight excluding hydrogens is 452 g/mol. The van der Waals surface area contributed by atoms with Crippen LogP contribution in [0.25, 0.3) is 0 Å². The average molecular weight is 483 g/mol. The van der Waals surface area contributed by atoms with Gasteiger partial charge >= 0.3 is 0 Å². The first-order valence-corrected chi connectivity index (χ1v) is 10.1. The molecule has 11 N–H and O–H groups in total. The molecule has 0 aromatic carbocycles. The molecule has 15 nitrogen and oxygen atoms in total. The van der Waals surface area contributed by atoms with Crippen molar-refractivity contribution in [2.24, 2.45) is 11.5 Å². The number of hydrogen-bond acceptors (Lipinski definition) is 11. The maximum Gasteiger partial charge on any atom is 0.246 e. The molecule has 0 saturated carbocycles. The molecule has 0 bridgehead atoms. The first-order chi connectivity index (χ1) is 14.9. The van der Waals surface area contributed by atoms with Gasteiger partial charge in [-0.1, -0.05) is 0 Å². The van der Waals surface area contributed by atoms with Crippen LogP contribution in [0.1, 0.15) is 13.3 Å². The van der Waals surface area contributed by atoms with Gasteiger partial charge in [-0.3, -0.25) is 28.8 Å². The van der Waals surface area contributed by atoms with E-state index >= 15 is 0 Å². The molecule has 0 spiro atoms. The normalized spacial score (nSPS) is 14.7. The largest absolute Gasteiger partial charge is 0.400 e. The van der Waals surface area contributed by atoms with Crippen molar-refractivity contribution in [3.63, 3.8) is 0 Å². The number of aldehydes is 1. The summed E-state index contributed by atoms with van der Waals surface area (Å²) >= 11 is 0.585. The number of thioether (sulfide) groups is 1. The van der Waals surface area contributed by atoms with Crippen LogP contribution >= 0.6 is 11.8 Å². The zero-order chi connectivity index (χ0) is 25.5. The lowest BCUT2D eigenvalue weighted by molar-refractivity contribution is -0.137. The highest BCUT2D eigenvalue weighted by atomic mass is 32.2. The number of nitrogens with one attached hydrogen (secondary N) is 4. The van der Waals surface area contributed by atoms with Crippen LogP contribution in [-0.4, -0.2) is 101 Å². The summed E-state index contributed by atoms with van der Waals surface area (Å²) in [4.78, 5) is 70.0. The van der Waals surface area contributed by atoms with Crippen LogP contribution in [0.3, 0.4) is 0 Å². The fourth-order valence-electron chi connectivity index (χ4n) is 1.93. The smallest absolute Gasteiger partial charge is 0.246 e. The van der Waals surface area contributed by atoms with Crippen molar-refractivity contribution in [1.82, 2.24) is 21.3 Å². The molecular formula is C16H30N6O9S. The summed E-state index contributed by atoms with van der Waals surface area (Å²) in [6.45, 7) is 0.0415. The zero-order valence-corrected chi connectivity index (χ0v) is 18.6. The number of carbonyl (C=O) groups excluding carboxylic acids is 6. The van der Waals surface area contributed by atoms with Crippen LogP contribution in [0, 0.1) is 0 Å². The zero-order valence-electron chi connectivity index (χ0n) is 17.8. The number of rotatable bonds is 13. The van der Waals surface area contributed by atoms with Gasteiger partial charge in [-0.25, -0.2) is 0 Å². The third-order valence-corrected chi connectivity index (χ3v) is 4.40. The maximum absolute atomic E-state index is 12.3. The summed E-state index contributed by atoms with van der Waals surface area (Å²) in [7, 11) is 1.00. The first kappa shape index (κ1) is 31.4. The van der Waals surface area contributed by atoms with E-state index in [1.165, 1.54) is 13.2 Å². The van der Waals surface area contributed by atoms with Crippen LogP contribution in [0.4, 0.5) is 0 Å². The molecule has 16 heteroatoms. The summed E-state index contributed by atoms with van der Waals surface area (Å²) in [6, 6.07) is -4.20. The molecule has 0 radical (unpaired) electrons. The Morgan fingerprint density at radius 2 is 1.59 bits per heavy atom. The summed E-state index contributed by atoms with van der Waals surface area (Å²) in [5.41, 5.74) is 10.2. The van der Waals surface area contributed by atoms with Crippen LogP contribution in [0.2, 0.25) is 0 Å². The van der Waals surface area contributed by atoms with Crippen molar-refractivity contribution in [2.75, 3.05) is 26.5 Å². The van der Waals surface area contributed by atoms with E-state index in [-0.39, 0.29) is 6.29 Å². The SMILES string of the molecule is CO.CSC(O)(C=O)NC(=O)C(CC(N)=O)NC(=O)C(C)NC(=O)[C@H](CO)NC(=O)CN. The third kappa shape index (κ3) is 11.6. The lowest BCUT2D eigenvalue weighted by Gasteiger charge is -2.25. The lowest BCUT2D eigenvalue weighted by atomic mass is 10.1. The Hall–Kier alpha value is -2.79. The van der Waals surface area contributed by atoms with Gasteiger partial charge in [-0.05, 0) is 13.2 Å². The van der Waals surface area contributed by atoms with Crippen molar-refractivity contribution in [3.8, 4) is 0 Å². The highest BCUT2D eigenvalue weighted by Crippen LogP contribution is 2.13. The minimum Gasteiger partial charge on any atom is -0.400 e. The Bertz CT molecular complexity index is 680. The molecule has 5 amide bonds. The topological polar surface area (TPSA) is 263 Å². The van der Waals surface area contributed by atoms with Gasteiger partial charge in [0.05, 0.1) is 19.6 Å². The Labute approximate surface area is 188 Å². The molecule has 4 atom stereocenters. The predicted octanol–water partition coefficient (Wildman–Crippen LogP) is -5.78. The van der Waals surface area contributed by atoms with Crippen molar-refractivity contribution < 1.29 is 44.1 Å². The van der Waals surface area contributed by atoms with Gasteiger partial charge in [0.2, 0.25) is 34.6 Å². The molecule has 0 aromatic heterocycles. The summed E-state index contributed by atoms with van der Waals surface area (Å²) in [5, 5.41) is 32.2. The molecule has 0 aliphatic rings. The van der Waals surface area contributed by atoms with Crippen molar-refractivity contribution in [3.05, 3.63) is 0 Å². The number of primary amides is 1. The van der Waals surface area contributed by atoms with Gasteiger partial charge in [0, 0.05) is 7.11 Å². The van der Waals surface area contributed by atoms with Crippen LogP contribution in [-0.2, 0) is 28.8 Å². The van der Waals surface area contributed by atoms with Crippen molar-refractivity contribution in [1.29, 1.82) is 0 Å². The summed E-state index contributed by atoms with van der Waals surface area (Å²) in [6.07, 6.45) is 0.717. The van der Waals surface area contributed by atoms with Crippen molar-refractivity contribution in [2.45, 2.75) is 36.5 Å². The van der Waals surface area contributed by atoms with Gasteiger partial charge in [-0.15, -0.1) is 11.8 Å². The molecule has 0 aromatic rings. The quantitative estimate of drug-likeness (QED) is 0.0881. The fraction of sp³-hybridized carbons (Fsp3) is 0.625. The molecule has 3 unspecified atom stereocenters. The van der Waals surface area contributed by atoms with E-state index in [9.17, 15) is 39.0 Å². The van der Waals surface area contributed by atoms with E-state index < -0.39 is 72.3 Å². The van der Waals surface area contributed by atoms with Gasteiger partial charge in [-0.2, -0.15) is 0 Å². The van der Waals surface area contributed by atoms with Gasteiger partial charge in [0.1, 0.15) is 18.1 Å². The second-order valence-electron chi connectivity index (χ2n) is 5.98. The van der Waals surface area contributed by atoms with Crippen LogP contribution < -0.4 is 32.7 Å². The number of aliphatic hydroxyl groups is 3. The minimum atomic E-state index is -2.28. The molecule has 0 rings (SSSR count). The van der Waals surface area contributed by atoms with Gasteiger partial charge in [0.25, 0.3) is 0 Å². The van der Waals surface area contributed by atoms with Crippen LogP contribution in [0.5, 0.6) is 0 Å². The van der Waals surface area contributed by atoms with E-state index in [2.05, 4.69) is 16.0 Å². The highest BCUT2D eigenvalue weighted by molar-refractivity contribution is 8.00. The summed E-state index contributed by atoms with van der Waals surface area (Å²) < 4.78 is 0. The van der Waals surface area contributed by atoms with E-state index in [1.807, 2.05) is 5.32 Å². The molecule has 0 fully saturated rings. The standard InChI is InChI=1S/C15H26N6O8S.CH4O/c1-7(18-13(27)9(5-22)19-11(25)4-16)12(26)20-8(3-10(17)24)14(28)21-15(29,6-23)30-2;1-2/h6-9,22,29H,3-5,16H2,1-2H3,(H2,17,24)(H,18,27)(H,19,25)(H,20,26)(H,21,28);2H,1H3/t7?,8?,9-,15?;/m0./s1. The number of amides is 5. The van der Waals surface area contributed by atoms with E-state index in [0.717, 1.165) is 7.11 Å². The maximum atomic E-state index is 12.3. The molecule has 0 aliphatic carbocycles. The number of nitrogens with two attached hydrogens (primary N) is 2. The van der Waals surface area contributed by atoms with Gasteiger partial charge in [0.15, 0.2) is 6.29 Å². The fourth-order valence-corrected chi connectivity index (χ4v) is 2.23. The average Bonchev–Trinajstić information content (AvgIpc) is 2.77. The van der Waals surface area contributed by atoms with Crippen LogP contribution in [0.15, 0.2) is 0 Å². The molecule has 0 aliphatic heterocycles. The highest BCUT2D eigenvalue weighted by Gasteiger charge is 2.33. The molecule has 32 heavy (non-hydrogen) atoms. The Balaban J connectivity index is 0. The Kier molecular flexibility index (Phi) is 15.6. The lowest BCUT2D eigenvalue weighted by Crippen LogP contribution is -2.59. The molecule has 0 heterocycles. The predicted molar refractivity (Wildman–Crippen MR) is 112 cm³/mol. The van der Waals surface area contributed by atoms with E-state index in [0.29, 0.717) is 11.8 Å². The van der Waals surface area contributed by atoms with E-state index in [1.54, 1.807) is 0 Å². The molecule has 0 saturated heterocycles. The first-order valence-electron chi connectivity index (χ1n) is 8.92. The monoisotopic (exact) mass is 482 g/mol. The minimum absolute atomic E-state index is 0.0478. The number of hydrogen-bond donors (Lipinski definition) is 9. The third-order valence-electron chi connectivity index (χ3n) is 3.58. The summed E-state index contributed by atoms with van der Waals surface area (Å²) in [5.74, 6) is -4.58. The number of carbonyl (C=O) groups is 6. The van der Waals surface area contributed by atoms with Crippen molar-refractivity contribution >= 4 is 47.6 Å².